The van der Waals surface area contributed by atoms with Crippen LogP contribution in [0.5, 0.6) is 23.0 Å². The first kappa shape index (κ1) is 23.8. The van der Waals surface area contributed by atoms with Crippen molar-refractivity contribution in [3.05, 3.63) is 83.9 Å². The fourth-order valence-electron chi connectivity index (χ4n) is 2.98. The summed E-state index contributed by atoms with van der Waals surface area (Å²) in [5, 5.41) is 2.73. The largest absolute Gasteiger partial charge is 0.493 e. The van der Waals surface area contributed by atoms with Crippen molar-refractivity contribution < 1.29 is 32.5 Å². The lowest BCUT2D eigenvalue weighted by atomic mass is 10.1. The quantitative estimate of drug-likeness (QED) is 0.430. The van der Waals surface area contributed by atoms with Crippen LogP contribution in [0, 0.1) is 0 Å². The maximum atomic E-state index is 12.5. The first-order chi connectivity index (χ1) is 16.0. The monoisotopic (exact) mass is 457 g/mol. The second-order valence-corrected chi connectivity index (χ2v) is 7.00. The molecular formula is C25H25F2NO5. The highest BCUT2D eigenvalue weighted by Gasteiger charge is 2.11. The Morgan fingerprint density at radius 3 is 2.24 bits per heavy atom. The van der Waals surface area contributed by atoms with Crippen LogP contribution in [-0.2, 0) is 17.8 Å². The van der Waals surface area contributed by atoms with Crippen LogP contribution in [0.2, 0.25) is 0 Å². The first-order valence-electron chi connectivity index (χ1n) is 10.3. The number of rotatable bonds is 12. The number of carbonyl (C=O) groups is 1. The second kappa shape index (κ2) is 12.3. The lowest BCUT2D eigenvalue weighted by Crippen LogP contribution is -2.30. The van der Waals surface area contributed by atoms with Crippen molar-refractivity contribution in [3.8, 4) is 23.0 Å². The van der Waals surface area contributed by atoms with Gasteiger partial charge in [-0.05, 0) is 53.9 Å². The van der Waals surface area contributed by atoms with Gasteiger partial charge in [-0.1, -0.05) is 36.4 Å². The summed E-state index contributed by atoms with van der Waals surface area (Å²) >= 11 is 0. The minimum atomic E-state index is -2.95. The fraction of sp³-hybridized carbons (Fsp3) is 0.240. The van der Waals surface area contributed by atoms with E-state index < -0.39 is 6.61 Å². The van der Waals surface area contributed by atoms with E-state index in [0.717, 1.165) is 11.1 Å². The van der Waals surface area contributed by atoms with Gasteiger partial charge in [-0.2, -0.15) is 8.78 Å². The molecule has 0 aliphatic carbocycles. The molecule has 3 rings (SSSR count). The Bertz CT molecular complexity index is 1010. The van der Waals surface area contributed by atoms with E-state index >= 15 is 0 Å². The molecule has 8 heteroatoms. The molecule has 0 radical (unpaired) electrons. The molecule has 0 saturated carbocycles. The standard InChI is InChI=1S/C25H25F2NO5/c1-30-22-12-7-18(15-23(22)33-25(26)27)13-14-28-24(29)17-32-21-10-8-20(9-11-21)31-16-19-5-3-2-4-6-19/h2-12,15,25H,13-14,16-17H2,1H3,(H,28,29). The van der Waals surface area contributed by atoms with Gasteiger partial charge >= 0.3 is 6.61 Å². The van der Waals surface area contributed by atoms with Gasteiger partial charge in [-0.3, -0.25) is 4.79 Å². The molecule has 3 aromatic rings. The molecule has 1 amide bonds. The minimum absolute atomic E-state index is 0.0455. The van der Waals surface area contributed by atoms with Crippen molar-refractivity contribution in [2.24, 2.45) is 0 Å². The SMILES string of the molecule is COc1ccc(CCNC(=O)COc2ccc(OCc3ccccc3)cc2)cc1OC(F)F. The minimum Gasteiger partial charge on any atom is -0.493 e. The molecule has 6 nitrogen and oxygen atoms in total. The molecule has 0 atom stereocenters. The van der Waals surface area contributed by atoms with E-state index in [2.05, 4.69) is 10.1 Å². The third-order valence-electron chi connectivity index (χ3n) is 4.62. The number of hydrogen-bond donors (Lipinski definition) is 1. The molecule has 0 unspecified atom stereocenters. The van der Waals surface area contributed by atoms with Crippen molar-refractivity contribution in [1.82, 2.24) is 5.32 Å². The Hall–Kier alpha value is -3.81. The maximum Gasteiger partial charge on any atom is 0.387 e. The Kier molecular flexibility index (Phi) is 8.88. The summed E-state index contributed by atoms with van der Waals surface area (Å²) in [7, 11) is 1.37. The summed E-state index contributed by atoms with van der Waals surface area (Å²) in [6, 6.07) is 21.6. The number of alkyl halides is 2. The zero-order valence-electron chi connectivity index (χ0n) is 18.1. The predicted octanol–water partition coefficient (Wildman–Crippen LogP) is 4.61. The fourth-order valence-corrected chi connectivity index (χ4v) is 2.98. The molecule has 0 heterocycles. The molecule has 0 spiro atoms. The lowest BCUT2D eigenvalue weighted by molar-refractivity contribution is -0.123. The Balaban J connectivity index is 1.39. The third kappa shape index (κ3) is 7.99. The molecule has 3 aromatic carbocycles. The van der Waals surface area contributed by atoms with Crippen molar-refractivity contribution in [2.75, 3.05) is 20.3 Å². The summed E-state index contributed by atoms with van der Waals surface area (Å²) < 4.78 is 45.7. The number of benzene rings is 3. The molecule has 0 aliphatic rings. The van der Waals surface area contributed by atoms with Crippen LogP contribution in [0.3, 0.4) is 0 Å². The molecule has 0 bridgehead atoms. The van der Waals surface area contributed by atoms with Crippen molar-refractivity contribution in [2.45, 2.75) is 19.6 Å². The highest BCUT2D eigenvalue weighted by molar-refractivity contribution is 5.77. The molecule has 0 saturated heterocycles. The van der Waals surface area contributed by atoms with Crippen molar-refractivity contribution in [3.63, 3.8) is 0 Å². The molecule has 33 heavy (non-hydrogen) atoms. The van der Waals surface area contributed by atoms with Crippen LogP contribution >= 0.6 is 0 Å². The maximum absolute atomic E-state index is 12.5. The van der Waals surface area contributed by atoms with Crippen LogP contribution < -0.4 is 24.3 Å². The number of ether oxygens (including phenoxy) is 4. The van der Waals surface area contributed by atoms with Crippen molar-refractivity contribution in [1.29, 1.82) is 0 Å². The number of methoxy groups -OCH3 is 1. The zero-order chi connectivity index (χ0) is 23.5. The smallest absolute Gasteiger partial charge is 0.387 e. The molecule has 0 aromatic heterocycles. The third-order valence-corrected chi connectivity index (χ3v) is 4.62. The van der Waals surface area contributed by atoms with Crippen LogP contribution in [0.15, 0.2) is 72.8 Å². The topological polar surface area (TPSA) is 66.0 Å². The van der Waals surface area contributed by atoms with E-state index in [1.165, 1.54) is 13.2 Å². The van der Waals surface area contributed by atoms with Gasteiger partial charge in [0.1, 0.15) is 18.1 Å². The number of hydrogen-bond acceptors (Lipinski definition) is 5. The number of nitrogens with one attached hydrogen (secondary N) is 1. The molecule has 174 valence electrons. The van der Waals surface area contributed by atoms with Gasteiger partial charge in [-0.15, -0.1) is 0 Å². The van der Waals surface area contributed by atoms with E-state index in [-0.39, 0.29) is 24.0 Å². The van der Waals surface area contributed by atoms with E-state index in [9.17, 15) is 13.6 Å². The van der Waals surface area contributed by atoms with Gasteiger partial charge in [-0.25, -0.2) is 0 Å². The Labute approximate surface area is 191 Å². The van der Waals surface area contributed by atoms with Gasteiger partial charge in [0.25, 0.3) is 5.91 Å². The Morgan fingerprint density at radius 1 is 0.879 bits per heavy atom. The van der Waals surface area contributed by atoms with Gasteiger partial charge in [0.2, 0.25) is 0 Å². The van der Waals surface area contributed by atoms with Gasteiger partial charge in [0.15, 0.2) is 18.1 Å². The van der Waals surface area contributed by atoms with E-state index in [0.29, 0.717) is 31.1 Å². The summed E-state index contributed by atoms with van der Waals surface area (Å²) in [4.78, 5) is 12.0. The zero-order valence-corrected chi connectivity index (χ0v) is 18.1. The molecule has 1 N–H and O–H groups in total. The number of amides is 1. The summed E-state index contributed by atoms with van der Waals surface area (Å²) in [6.07, 6.45) is 0.433. The van der Waals surface area contributed by atoms with Crippen LogP contribution in [-0.4, -0.2) is 32.8 Å². The van der Waals surface area contributed by atoms with Crippen LogP contribution in [0.25, 0.3) is 0 Å². The van der Waals surface area contributed by atoms with Gasteiger partial charge in [0, 0.05) is 6.54 Å². The average molecular weight is 457 g/mol. The van der Waals surface area contributed by atoms with E-state index in [4.69, 9.17) is 14.2 Å². The van der Waals surface area contributed by atoms with Crippen molar-refractivity contribution >= 4 is 5.91 Å². The molecule has 0 fully saturated rings. The van der Waals surface area contributed by atoms with E-state index in [1.807, 2.05) is 30.3 Å². The Morgan fingerprint density at radius 2 is 1.58 bits per heavy atom. The summed E-state index contributed by atoms with van der Waals surface area (Å²) in [5.41, 5.74) is 1.79. The van der Waals surface area contributed by atoms with Gasteiger partial charge < -0.3 is 24.3 Å². The highest BCUT2D eigenvalue weighted by Crippen LogP contribution is 2.29. The number of carbonyl (C=O) groups excluding carboxylic acids is 1. The lowest BCUT2D eigenvalue weighted by Gasteiger charge is -2.12. The van der Waals surface area contributed by atoms with Gasteiger partial charge in [0.05, 0.1) is 7.11 Å². The summed E-state index contributed by atoms with van der Waals surface area (Å²) in [5.74, 6) is 1.12. The second-order valence-electron chi connectivity index (χ2n) is 7.00. The molecule has 0 aliphatic heterocycles. The molecular weight excluding hydrogens is 432 g/mol. The predicted molar refractivity (Wildman–Crippen MR) is 119 cm³/mol. The average Bonchev–Trinajstić information content (AvgIpc) is 2.82. The highest BCUT2D eigenvalue weighted by atomic mass is 19.3. The summed E-state index contributed by atoms with van der Waals surface area (Å²) in [6.45, 7) is -2.31. The van der Waals surface area contributed by atoms with E-state index in [1.54, 1.807) is 36.4 Å². The normalized spacial score (nSPS) is 10.5. The first-order valence-corrected chi connectivity index (χ1v) is 10.3. The van der Waals surface area contributed by atoms with Crippen LogP contribution in [0.1, 0.15) is 11.1 Å². The number of halogens is 2. The van der Waals surface area contributed by atoms with Crippen LogP contribution in [0.4, 0.5) is 8.78 Å².